The molecule has 4 aliphatic rings. The van der Waals surface area contributed by atoms with Crippen LogP contribution in [-0.4, -0.2) is 56.1 Å². The Morgan fingerprint density at radius 3 is 2.89 bits per heavy atom. The Kier molecular flexibility index (Phi) is 7.94. The van der Waals surface area contributed by atoms with Gasteiger partial charge in [-0.3, -0.25) is 4.79 Å². The predicted octanol–water partition coefficient (Wildman–Crippen LogP) is 5.67. The second-order valence-corrected chi connectivity index (χ2v) is 11.4. The van der Waals surface area contributed by atoms with E-state index in [-0.39, 0.29) is 42.5 Å². The van der Waals surface area contributed by atoms with Gasteiger partial charge in [0.25, 0.3) is 0 Å². The van der Waals surface area contributed by atoms with Crippen molar-refractivity contribution in [2.75, 3.05) is 33.4 Å². The van der Waals surface area contributed by atoms with Gasteiger partial charge in [0.05, 0.1) is 19.6 Å². The summed E-state index contributed by atoms with van der Waals surface area (Å²) >= 11 is 0. The van der Waals surface area contributed by atoms with Gasteiger partial charge in [-0.15, -0.1) is 0 Å². The molecular formula is C31H40F2N2O3. The minimum atomic E-state index is -2.65. The Bertz CT molecular complexity index is 1090. The van der Waals surface area contributed by atoms with E-state index in [1.165, 1.54) is 0 Å². The molecule has 0 aromatic heterocycles. The lowest BCUT2D eigenvalue weighted by Gasteiger charge is -2.48. The molecule has 1 aromatic rings. The number of halogens is 2. The number of piperidine rings is 1. The van der Waals surface area contributed by atoms with Gasteiger partial charge in [0.2, 0.25) is 11.8 Å². The number of carbonyl (C=O) groups excluding carboxylic acids is 1. The zero-order chi connectivity index (χ0) is 26.8. The maximum Gasteiger partial charge on any atom is 0.248 e. The molecule has 1 N–H and O–H groups in total. The fourth-order valence-electron chi connectivity index (χ4n) is 7.34. The third-order valence-corrected chi connectivity index (χ3v) is 9.22. The molecule has 3 heterocycles. The van der Waals surface area contributed by atoms with Crippen molar-refractivity contribution in [1.29, 1.82) is 0 Å². The molecule has 1 spiro atoms. The number of likely N-dealkylation sites (tertiary alicyclic amines) is 1. The molecule has 1 aromatic carbocycles. The lowest BCUT2D eigenvalue weighted by atomic mass is 9.67. The van der Waals surface area contributed by atoms with Crippen molar-refractivity contribution in [1.82, 2.24) is 10.2 Å². The van der Waals surface area contributed by atoms with E-state index in [4.69, 9.17) is 9.47 Å². The summed E-state index contributed by atoms with van der Waals surface area (Å²) in [5.41, 5.74) is 0.617. The Morgan fingerprint density at radius 2 is 2.11 bits per heavy atom. The van der Waals surface area contributed by atoms with Crippen molar-refractivity contribution in [3.8, 4) is 11.5 Å². The Labute approximate surface area is 224 Å². The van der Waals surface area contributed by atoms with Crippen molar-refractivity contribution in [2.45, 2.75) is 62.3 Å². The summed E-state index contributed by atoms with van der Waals surface area (Å²) in [7, 11) is 1.63. The monoisotopic (exact) mass is 526 g/mol. The molecule has 0 radical (unpaired) electrons. The second kappa shape index (κ2) is 11.2. The van der Waals surface area contributed by atoms with Gasteiger partial charge in [0, 0.05) is 49.5 Å². The molecule has 38 heavy (non-hydrogen) atoms. The van der Waals surface area contributed by atoms with E-state index in [1.54, 1.807) is 13.2 Å². The minimum absolute atomic E-state index is 0.0475. The third-order valence-electron chi connectivity index (χ3n) is 9.22. The van der Waals surface area contributed by atoms with E-state index in [9.17, 15) is 13.6 Å². The first kappa shape index (κ1) is 26.9. The quantitative estimate of drug-likeness (QED) is 0.486. The number of benzene rings is 1. The van der Waals surface area contributed by atoms with Gasteiger partial charge in [-0.2, -0.15) is 0 Å². The van der Waals surface area contributed by atoms with Crippen LogP contribution in [0.2, 0.25) is 0 Å². The van der Waals surface area contributed by atoms with Gasteiger partial charge >= 0.3 is 0 Å². The number of fused-ring (bicyclic) bond motifs is 2. The molecular weight excluding hydrogens is 486 g/mol. The van der Waals surface area contributed by atoms with Crippen molar-refractivity contribution < 1.29 is 23.0 Å². The number of para-hydroxylation sites is 1. The molecule has 1 amide bonds. The average Bonchev–Trinajstić information content (AvgIpc) is 3.34. The number of nitrogens with one attached hydrogen (secondary N) is 1. The summed E-state index contributed by atoms with van der Waals surface area (Å²) in [6, 6.07) is 5.72. The largest absolute Gasteiger partial charge is 0.493 e. The van der Waals surface area contributed by atoms with Crippen LogP contribution in [0.15, 0.2) is 55.2 Å². The van der Waals surface area contributed by atoms with Crippen LogP contribution < -0.4 is 14.8 Å². The summed E-state index contributed by atoms with van der Waals surface area (Å²) in [6.07, 6.45) is 13.1. The maximum atomic E-state index is 14.6. The van der Waals surface area contributed by atoms with Gasteiger partial charge in [-0.25, -0.2) is 8.78 Å². The molecule has 0 bridgehead atoms. The highest BCUT2D eigenvalue weighted by molar-refractivity contribution is 5.82. The maximum absolute atomic E-state index is 14.6. The number of methoxy groups -OCH3 is 1. The smallest absolute Gasteiger partial charge is 0.248 e. The number of allylic oxidation sites excluding steroid dienone is 5. The first-order valence-electron chi connectivity index (χ1n) is 14.0. The van der Waals surface area contributed by atoms with Crippen LogP contribution in [0.1, 0.15) is 50.5 Å². The summed E-state index contributed by atoms with van der Waals surface area (Å²) in [4.78, 5) is 16.4. The van der Waals surface area contributed by atoms with E-state index in [1.807, 2.05) is 35.3 Å². The number of amides is 1. The highest BCUT2D eigenvalue weighted by Crippen LogP contribution is 2.50. The van der Waals surface area contributed by atoms with E-state index in [0.29, 0.717) is 38.4 Å². The number of nitrogens with zero attached hydrogens (tertiary/aromatic N) is 1. The summed E-state index contributed by atoms with van der Waals surface area (Å²) in [6.45, 7) is 6.08. The minimum Gasteiger partial charge on any atom is -0.493 e. The number of carbonyl (C=O) groups is 1. The molecule has 5 rings (SSSR count). The van der Waals surface area contributed by atoms with Crippen LogP contribution in [0.3, 0.4) is 0 Å². The van der Waals surface area contributed by atoms with Crippen LogP contribution in [0.25, 0.3) is 0 Å². The van der Waals surface area contributed by atoms with Gasteiger partial charge in [-0.1, -0.05) is 49.1 Å². The molecule has 1 saturated carbocycles. The fraction of sp³-hybridized carbons (Fsp3) is 0.581. The first-order valence-corrected chi connectivity index (χ1v) is 14.0. The van der Waals surface area contributed by atoms with Crippen LogP contribution in [0.4, 0.5) is 8.78 Å². The Morgan fingerprint density at radius 1 is 1.24 bits per heavy atom. The van der Waals surface area contributed by atoms with Crippen molar-refractivity contribution in [3.05, 3.63) is 60.7 Å². The Balaban J connectivity index is 1.44. The van der Waals surface area contributed by atoms with Gasteiger partial charge in [-0.05, 0) is 50.0 Å². The number of hydrogen-bond donors (Lipinski definition) is 1. The summed E-state index contributed by atoms with van der Waals surface area (Å²) in [5, 5.41) is 3.50. The molecule has 5 atom stereocenters. The zero-order valence-electron chi connectivity index (χ0n) is 22.3. The topological polar surface area (TPSA) is 50.8 Å². The fourth-order valence-corrected chi connectivity index (χ4v) is 7.34. The molecule has 5 nitrogen and oxygen atoms in total. The zero-order valence-corrected chi connectivity index (χ0v) is 22.3. The molecule has 1 aliphatic carbocycles. The number of ether oxygens (including phenoxy) is 2. The Hall–Kier alpha value is -2.67. The average molecular weight is 527 g/mol. The van der Waals surface area contributed by atoms with E-state index in [0.717, 1.165) is 37.0 Å². The molecule has 2 saturated heterocycles. The highest BCUT2D eigenvalue weighted by atomic mass is 19.3. The summed E-state index contributed by atoms with van der Waals surface area (Å²) in [5.74, 6) is -1.35. The SMILES string of the molecule is C=CC=CC=CC1CCN(C(=O)C2CNCC23CCOc2c(OC)cccc23)C(C2CCCC(F)(F)C2)C1. The van der Waals surface area contributed by atoms with Gasteiger partial charge < -0.3 is 19.7 Å². The second-order valence-electron chi connectivity index (χ2n) is 11.4. The molecule has 206 valence electrons. The highest BCUT2D eigenvalue weighted by Gasteiger charge is 2.54. The van der Waals surface area contributed by atoms with Crippen molar-refractivity contribution in [3.63, 3.8) is 0 Å². The standard InChI is InChI=1S/C31H40F2N2O3/c1-3-4-5-6-9-22-13-16-35(26(18-22)23-10-8-14-31(32,33)19-23)29(36)25-20-34-21-30(25)15-17-38-28-24(30)11-7-12-27(28)37-2/h3-7,9,11-12,22-23,25-26,34H,1,8,10,13-21H2,2H3. The van der Waals surface area contributed by atoms with Crippen LogP contribution in [-0.2, 0) is 10.2 Å². The van der Waals surface area contributed by atoms with E-state index in [2.05, 4.69) is 24.0 Å². The number of hydrogen-bond acceptors (Lipinski definition) is 4. The lowest BCUT2D eigenvalue weighted by molar-refractivity contribution is -0.146. The normalized spacial score (nSPS) is 32.9. The predicted molar refractivity (Wildman–Crippen MR) is 145 cm³/mol. The number of rotatable bonds is 6. The van der Waals surface area contributed by atoms with Crippen molar-refractivity contribution >= 4 is 5.91 Å². The first-order chi connectivity index (χ1) is 18.4. The van der Waals surface area contributed by atoms with Crippen LogP contribution in [0.5, 0.6) is 11.5 Å². The van der Waals surface area contributed by atoms with Crippen LogP contribution >= 0.6 is 0 Å². The molecule has 3 aliphatic heterocycles. The van der Waals surface area contributed by atoms with Crippen molar-refractivity contribution in [2.24, 2.45) is 17.8 Å². The molecule has 7 heteroatoms. The third kappa shape index (κ3) is 5.14. The van der Waals surface area contributed by atoms with E-state index >= 15 is 0 Å². The van der Waals surface area contributed by atoms with Gasteiger partial charge in [0.1, 0.15) is 0 Å². The van der Waals surface area contributed by atoms with Gasteiger partial charge in [0.15, 0.2) is 11.5 Å². The number of alkyl halides is 2. The lowest BCUT2D eigenvalue weighted by Crippen LogP contribution is -2.56. The van der Waals surface area contributed by atoms with E-state index < -0.39 is 11.3 Å². The summed E-state index contributed by atoms with van der Waals surface area (Å²) < 4.78 is 40.8. The van der Waals surface area contributed by atoms with Crippen LogP contribution in [0, 0.1) is 17.8 Å². The molecule has 5 unspecified atom stereocenters. The molecule has 3 fully saturated rings.